The highest BCUT2D eigenvalue weighted by Crippen LogP contribution is 2.26. The summed E-state index contributed by atoms with van der Waals surface area (Å²) in [6.45, 7) is 2.72. The summed E-state index contributed by atoms with van der Waals surface area (Å²) in [5.74, 6) is 0.462. The average Bonchev–Trinajstić information content (AvgIpc) is 2.21. The molecular formula is C10H16N4O2. The van der Waals surface area contributed by atoms with Crippen LogP contribution in [0.15, 0.2) is 11.1 Å². The Morgan fingerprint density at radius 2 is 2.44 bits per heavy atom. The van der Waals surface area contributed by atoms with Crippen molar-refractivity contribution in [3.63, 3.8) is 0 Å². The monoisotopic (exact) mass is 224 g/mol. The molecule has 1 aliphatic rings. The zero-order valence-electron chi connectivity index (χ0n) is 9.19. The molecule has 0 aromatic carbocycles. The van der Waals surface area contributed by atoms with Crippen molar-refractivity contribution >= 4 is 11.5 Å². The molecule has 4 N–H and O–H groups in total. The highest BCUT2D eigenvalue weighted by Gasteiger charge is 2.30. The zero-order valence-corrected chi connectivity index (χ0v) is 9.19. The molecule has 6 heteroatoms. The second kappa shape index (κ2) is 4.52. The molecule has 0 atom stereocenters. The summed E-state index contributed by atoms with van der Waals surface area (Å²) in [7, 11) is 0. The molecule has 0 unspecified atom stereocenters. The van der Waals surface area contributed by atoms with Gasteiger partial charge in [-0.25, -0.2) is 4.98 Å². The van der Waals surface area contributed by atoms with Gasteiger partial charge in [0.25, 0.3) is 5.56 Å². The van der Waals surface area contributed by atoms with Crippen LogP contribution in [-0.2, 0) is 4.74 Å². The molecule has 0 bridgehead atoms. The lowest BCUT2D eigenvalue weighted by Crippen LogP contribution is -2.41. The molecule has 16 heavy (non-hydrogen) atoms. The molecule has 1 aromatic heterocycles. The fraction of sp³-hybridized carbons (Fsp3) is 0.600. The number of nitrogen functional groups attached to an aromatic ring is 1. The van der Waals surface area contributed by atoms with E-state index in [2.05, 4.69) is 15.3 Å². The Hall–Kier alpha value is -1.56. The van der Waals surface area contributed by atoms with E-state index in [9.17, 15) is 4.79 Å². The van der Waals surface area contributed by atoms with Gasteiger partial charge in [0.15, 0.2) is 5.82 Å². The first kappa shape index (κ1) is 10.9. The van der Waals surface area contributed by atoms with Crippen LogP contribution >= 0.6 is 0 Å². The molecular weight excluding hydrogens is 208 g/mol. The molecule has 0 radical (unpaired) electrons. The van der Waals surface area contributed by atoms with Gasteiger partial charge in [0, 0.05) is 12.6 Å². The van der Waals surface area contributed by atoms with Gasteiger partial charge in [-0.1, -0.05) is 0 Å². The van der Waals surface area contributed by atoms with Gasteiger partial charge >= 0.3 is 0 Å². The fourth-order valence-electron chi connectivity index (χ4n) is 1.77. The minimum absolute atomic E-state index is 0.141. The van der Waals surface area contributed by atoms with Crippen LogP contribution in [0.5, 0.6) is 0 Å². The smallest absolute Gasteiger partial charge is 0.276 e. The number of hydrogen-bond donors (Lipinski definition) is 3. The second-order valence-corrected chi connectivity index (χ2v) is 3.88. The summed E-state index contributed by atoms with van der Waals surface area (Å²) < 4.78 is 5.44. The van der Waals surface area contributed by atoms with Gasteiger partial charge in [0.05, 0.1) is 12.4 Å². The van der Waals surface area contributed by atoms with Crippen LogP contribution in [-0.4, -0.2) is 28.7 Å². The summed E-state index contributed by atoms with van der Waals surface area (Å²) >= 11 is 0. The minimum atomic E-state index is -0.307. The maximum Gasteiger partial charge on any atom is 0.276 e. The Labute approximate surface area is 93.2 Å². The van der Waals surface area contributed by atoms with Crippen molar-refractivity contribution in [3.05, 3.63) is 16.7 Å². The summed E-state index contributed by atoms with van der Waals surface area (Å²) in [6.07, 6.45) is 3.54. The summed E-state index contributed by atoms with van der Waals surface area (Å²) in [5, 5.41) is 3.14. The van der Waals surface area contributed by atoms with Crippen molar-refractivity contribution < 1.29 is 4.74 Å². The van der Waals surface area contributed by atoms with Gasteiger partial charge in [-0.05, 0) is 19.8 Å². The fourth-order valence-corrected chi connectivity index (χ4v) is 1.77. The number of hydrogen-bond acceptors (Lipinski definition) is 5. The van der Waals surface area contributed by atoms with Crippen molar-refractivity contribution in [2.45, 2.75) is 31.9 Å². The summed E-state index contributed by atoms with van der Waals surface area (Å²) in [4.78, 5) is 17.6. The van der Waals surface area contributed by atoms with Gasteiger partial charge in [-0.3, -0.25) is 4.79 Å². The number of nitrogens with two attached hydrogens (primary N) is 1. The van der Waals surface area contributed by atoms with Crippen LogP contribution in [0.25, 0.3) is 0 Å². The van der Waals surface area contributed by atoms with E-state index >= 15 is 0 Å². The molecule has 1 fully saturated rings. The van der Waals surface area contributed by atoms with Crippen LogP contribution in [0.1, 0.15) is 19.8 Å². The number of anilines is 2. The van der Waals surface area contributed by atoms with E-state index in [4.69, 9.17) is 10.5 Å². The molecule has 0 amide bonds. The molecule has 0 aliphatic heterocycles. The standard InChI is InChI=1S/C10H16N4O2/c1-2-16-7-3-6(4-7)14-9-8(11)10(15)13-5-12-9/h5-7H,2-4,11H2,1H3,(H2,12,13,14,15). The van der Waals surface area contributed by atoms with E-state index in [-0.39, 0.29) is 11.2 Å². The number of nitrogens with one attached hydrogen (secondary N) is 2. The van der Waals surface area contributed by atoms with Gasteiger partial charge < -0.3 is 20.8 Å². The van der Waals surface area contributed by atoms with Crippen molar-refractivity contribution in [2.24, 2.45) is 0 Å². The SMILES string of the molecule is CCOC1CC(Nc2nc[nH]c(=O)c2N)C1. The Balaban J connectivity index is 1.92. The minimum Gasteiger partial charge on any atom is -0.391 e. The molecule has 88 valence electrons. The van der Waals surface area contributed by atoms with Crippen molar-refractivity contribution in [3.8, 4) is 0 Å². The van der Waals surface area contributed by atoms with Crippen LogP contribution in [0.3, 0.4) is 0 Å². The summed E-state index contributed by atoms with van der Waals surface area (Å²) in [5.41, 5.74) is 5.44. The first-order valence-electron chi connectivity index (χ1n) is 5.42. The van der Waals surface area contributed by atoms with Gasteiger partial charge in [0.2, 0.25) is 0 Å². The van der Waals surface area contributed by atoms with Crippen LogP contribution in [0.2, 0.25) is 0 Å². The third kappa shape index (κ3) is 2.16. The van der Waals surface area contributed by atoms with Gasteiger partial charge in [-0.15, -0.1) is 0 Å². The quantitative estimate of drug-likeness (QED) is 0.685. The lowest BCUT2D eigenvalue weighted by molar-refractivity contribution is 0.00293. The van der Waals surface area contributed by atoms with Crippen molar-refractivity contribution in [2.75, 3.05) is 17.7 Å². The van der Waals surface area contributed by atoms with Crippen molar-refractivity contribution in [1.29, 1.82) is 0 Å². The Bertz CT molecular complexity index is 412. The van der Waals surface area contributed by atoms with E-state index in [1.165, 1.54) is 6.33 Å². The Morgan fingerprint density at radius 1 is 1.69 bits per heavy atom. The van der Waals surface area contributed by atoms with E-state index < -0.39 is 0 Å². The van der Waals surface area contributed by atoms with Gasteiger partial charge in [-0.2, -0.15) is 0 Å². The number of H-pyrrole nitrogens is 1. The molecule has 0 saturated heterocycles. The van der Waals surface area contributed by atoms with E-state index in [0.29, 0.717) is 18.0 Å². The van der Waals surface area contributed by atoms with Gasteiger partial charge in [0.1, 0.15) is 5.69 Å². The largest absolute Gasteiger partial charge is 0.391 e. The van der Waals surface area contributed by atoms with Crippen LogP contribution in [0, 0.1) is 0 Å². The predicted octanol–water partition coefficient (Wildman–Crippen LogP) is 0.331. The number of rotatable bonds is 4. The van der Waals surface area contributed by atoms with Crippen LogP contribution in [0.4, 0.5) is 11.5 Å². The predicted molar refractivity (Wildman–Crippen MR) is 61.3 cm³/mol. The molecule has 2 rings (SSSR count). The lowest BCUT2D eigenvalue weighted by Gasteiger charge is -2.35. The first-order valence-corrected chi connectivity index (χ1v) is 5.42. The maximum atomic E-state index is 11.2. The van der Waals surface area contributed by atoms with E-state index in [0.717, 1.165) is 19.4 Å². The maximum absolute atomic E-state index is 11.2. The molecule has 1 aromatic rings. The van der Waals surface area contributed by atoms with E-state index in [1.807, 2.05) is 6.92 Å². The first-order chi connectivity index (χ1) is 7.70. The molecule has 1 saturated carbocycles. The normalized spacial score (nSPS) is 23.8. The lowest BCUT2D eigenvalue weighted by atomic mass is 9.89. The van der Waals surface area contributed by atoms with E-state index in [1.54, 1.807) is 0 Å². The topological polar surface area (TPSA) is 93.0 Å². The molecule has 6 nitrogen and oxygen atoms in total. The third-order valence-electron chi connectivity index (χ3n) is 2.73. The number of aromatic amines is 1. The number of aromatic nitrogens is 2. The molecule has 1 aliphatic carbocycles. The molecule has 1 heterocycles. The number of nitrogens with zero attached hydrogens (tertiary/aromatic N) is 1. The third-order valence-corrected chi connectivity index (χ3v) is 2.73. The Morgan fingerprint density at radius 3 is 3.12 bits per heavy atom. The Kier molecular flexibility index (Phi) is 3.09. The number of ether oxygens (including phenoxy) is 1. The highest BCUT2D eigenvalue weighted by molar-refractivity contribution is 5.59. The van der Waals surface area contributed by atoms with Crippen LogP contribution < -0.4 is 16.6 Å². The summed E-state index contributed by atoms with van der Waals surface area (Å²) in [6, 6.07) is 0.299. The zero-order chi connectivity index (χ0) is 11.5. The van der Waals surface area contributed by atoms with Crippen molar-refractivity contribution in [1.82, 2.24) is 9.97 Å². The second-order valence-electron chi connectivity index (χ2n) is 3.88. The highest BCUT2D eigenvalue weighted by atomic mass is 16.5. The molecule has 0 spiro atoms. The average molecular weight is 224 g/mol.